The molecule has 0 aromatic heterocycles. The Balaban J connectivity index is 1.98. The summed E-state index contributed by atoms with van der Waals surface area (Å²) in [6.45, 7) is 1.23. The highest BCUT2D eigenvalue weighted by Gasteiger charge is 2.26. The Kier molecular flexibility index (Phi) is 4.84. The van der Waals surface area contributed by atoms with E-state index in [0.717, 1.165) is 18.4 Å². The molecule has 1 aliphatic rings. The maximum Gasteiger partial charge on any atom is 0.227 e. The van der Waals surface area contributed by atoms with Crippen molar-refractivity contribution in [3.8, 4) is 0 Å². The fourth-order valence-corrected chi connectivity index (χ4v) is 2.67. The van der Waals surface area contributed by atoms with Gasteiger partial charge >= 0.3 is 0 Å². The van der Waals surface area contributed by atoms with Crippen LogP contribution in [0, 0.1) is 5.92 Å². The molecule has 0 radical (unpaired) electrons. The summed E-state index contributed by atoms with van der Waals surface area (Å²) in [5, 5.41) is 12.4. The minimum atomic E-state index is -0.0583. The maximum absolute atomic E-state index is 12.3. The molecule has 1 aromatic carbocycles. The van der Waals surface area contributed by atoms with Crippen LogP contribution in [0.5, 0.6) is 0 Å². The van der Waals surface area contributed by atoms with E-state index in [1.54, 1.807) is 17.0 Å². The van der Waals surface area contributed by atoms with Gasteiger partial charge in [0.25, 0.3) is 0 Å². The van der Waals surface area contributed by atoms with Crippen LogP contribution in [0.15, 0.2) is 29.4 Å². The molecule has 1 fully saturated rings. The Bertz CT molecular complexity index is 519. The molecule has 1 unspecified atom stereocenters. The van der Waals surface area contributed by atoms with Crippen molar-refractivity contribution >= 4 is 23.3 Å². The topological polar surface area (TPSA) is 78.9 Å². The fraction of sp³-hybridized carbons (Fsp3) is 0.429. The molecule has 0 aliphatic carbocycles. The summed E-state index contributed by atoms with van der Waals surface area (Å²) in [5.74, 6) is 0.185. The molecule has 3 N–H and O–H groups in total. The Morgan fingerprint density at radius 1 is 1.55 bits per heavy atom. The van der Waals surface area contributed by atoms with Crippen molar-refractivity contribution in [3.05, 3.63) is 34.9 Å². The highest BCUT2D eigenvalue weighted by atomic mass is 35.5. The number of hydrogen-bond acceptors (Lipinski definition) is 3. The summed E-state index contributed by atoms with van der Waals surface area (Å²) >= 11 is 5.91. The molecule has 1 aromatic rings. The molecule has 6 heteroatoms. The molecule has 1 atom stereocenters. The van der Waals surface area contributed by atoms with Crippen LogP contribution in [0.2, 0.25) is 5.02 Å². The van der Waals surface area contributed by atoms with Crippen molar-refractivity contribution in [2.24, 2.45) is 16.8 Å². The smallest absolute Gasteiger partial charge is 0.227 e. The highest BCUT2D eigenvalue weighted by molar-refractivity contribution is 6.30. The summed E-state index contributed by atoms with van der Waals surface area (Å²) in [6, 6.07) is 7.30. The number of rotatable bonds is 3. The van der Waals surface area contributed by atoms with Crippen LogP contribution in [-0.4, -0.2) is 34.9 Å². The van der Waals surface area contributed by atoms with Crippen molar-refractivity contribution in [1.82, 2.24) is 4.90 Å². The zero-order valence-electron chi connectivity index (χ0n) is 11.1. The number of nitrogens with two attached hydrogens (primary N) is 1. The molecule has 5 nitrogen and oxygen atoms in total. The van der Waals surface area contributed by atoms with E-state index in [2.05, 4.69) is 5.16 Å². The first-order valence-corrected chi connectivity index (χ1v) is 6.97. The molecular formula is C14H18ClN3O2. The van der Waals surface area contributed by atoms with Crippen molar-refractivity contribution in [2.75, 3.05) is 13.1 Å². The van der Waals surface area contributed by atoms with E-state index in [4.69, 9.17) is 22.5 Å². The fourth-order valence-electron chi connectivity index (χ4n) is 2.46. The molecule has 0 bridgehead atoms. The minimum Gasteiger partial charge on any atom is -0.409 e. The van der Waals surface area contributed by atoms with Crippen LogP contribution >= 0.6 is 11.6 Å². The van der Waals surface area contributed by atoms with Crippen molar-refractivity contribution in [3.63, 3.8) is 0 Å². The van der Waals surface area contributed by atoms with Gasteiger partial charge in [0.15, 0.2) is 0 Å². The number of amidine groups is 1. The first kappa shape index (κ1) is 14.7. The van der Waals surface area contributed by atoms with Gasteiger partial charge in [-0.2, -0.15) is 0 Å². The van der Waals surface area contributed by atoms with Gasteiger partial charge in [-0.15, -0.1) is 0 Å². The molecular weight excluding hydrogens is 278 g/mol. The van der Waals surface area contributed by atoms with Crippen LogP contribution in [-0.2, 0) is 11.2 Å². The van der Waals surface area contributed by atoms with Crippen molar-refractivity contribution in [2.45, 2.75) is 19.3 Å². The minimum absolute atomic E-state index is 0.0442. The zero-order valence-corrected chi connectivity index (χ0v) is 11.9. The highest BCUT2D eigenvalue weighted by Crippen LogP contribution is 2.18. The molecule has 108 valence electrons. The van der Waals surface area contributed by atoms with Crippen molar-refractivity contribution in [1.29, 1.82) is 0 Å². The van der Waals surface area contributed by atoms with Crippen LogP contribution in [0.1, 0.15) is 18.4 Å². The Labute approximate surface area is 123 Å². The van der Waals surface area contributed by atoms with Crippen LogP contribution in [0.25, 0.3) is 0 Å². The predicted molar refractivity (Wildman–Crippen MR) is 77.9 cm³/mol. The second kappa shape index (κ2) is 6.61. The SMILES string of the molecule is NC(=NO)C1CCCN(C(=O)Cc2cccc(Cl)c2)C1. The number of nitrogens with zero attached hydrogens (tertiary/aromatic N) is 2. The molecule has 2 rings (SSSR count). The van der Waals surface area contributed by atoms with Gasteiger partial charge in [0.1, 0.15) is 5.84 Å². The van der Waals surface area contributed by atoms with Crippen LogP contribution < -0.4 is 5.73 Å². The quantitative estimate of drug-likeness (QED) is 0.387. The van der Waals surface area contributed by atoms with Gasteiger partial charge in [0.05, 0.1) is 6.42 Å². The van der Waals surface area contributed by atoms with Crippen LogP contribution in [0.3, 0.4) is 0 Å². The largest absolute Gasteiger partial charge is 0.409 e. The van der Waals surface area contributed by atoms with E-state index in [1.807, 2.05) is 12.1 Å². The lowest BCUT2D eigenvalue weighted by Gasteiger charge is -2.32. The third kappa shape index (κ3) is 3.63. The van der Waals surface area contributed by atoms with Gasteiger partial charge in [-0.1, -0.05) is 28.9 Å². The van der Waals surface area contributed by atoms with E-state index in [9.17, 15) is 4.79 Å². The van der Waals surface area contributed by atoms with Gasteiger partial charge in [-0.3, -0.25) is 4.79 Å². The van der Waals surface area contributed by atoms with E-state index < -0.39 is 0 Å². The van der Waals surface area contributed by atoms with E-state index >= 15 is 0 Å². The number of benzene rings is 1. The van der Waals surface area contributed by atoms with Crippen LogP contribution in [0.4, 0.5) is 0 Å². The standard InChI is InChI=1S/C14H18ClN3O2/c15-12-5-1-3-10(7-12)8-13(19)18-6-2-4-11(9-18)14(16)17-20/h1,3,5,7,11,20H,2,4,6,8-9H2,(H2,16,17). The van der Waals surface area contributed by atoms with Gasteiger partial charge in [0, 0.05) is 24.0 Å². The number of carbonyl (C=O) groups excluding carboxylic acids is 1. The summed E-state index contributed by atoms with van der Waals surface area (Å²) in [4.78, 5) is 14.0. The molecule has 1 aliphatic heterocycles. The molecule has 0 spiro atoms. The Morgan fingerprint density at radius 3 is 3.05 bits per heavy atom. The summed E-state index contributed by atoms with van der Waals surface area (Å²) < 4.78 is 0. The third-order valence-corrected chi connectivity index (χ3v) is 3.79. The zero-order chi connectivity index (χ0) is 14.5. The first-order chi connectivity index (χ1) is 9.60. The van der Waals surface area contributed by atoms with E-state index in [1.165, 1.54) is 0 Å². The number of oxime groups is 1. The summed E-state index contributed by atoms with van der Waals surface area (Å²) in [7, 11) is 0. The monoisotopic (exact) mass is 295 g/mol. The van der Waals surface area contributed by atoms with E-state index in [0.29, 0.717) is 24.5 Å². The normalized spacial score (nSPS) is 19.9. The summed E-state index contributed by atoms with van der Waals surface area (Å²) in [6.07, 6.45) is 2.03. The number of piperidine rings is 1. The summed E-state index contributed by atoms with van der Waals surface area (Å²) in [5.41, 5.74) is 6.52. The van der Waals surface area contributed by atoms with Gasteiger partial charge in [-0.05, 0) is 30.5 Å². The lowest BCUT2D eigenvalue weighted by Crippen LogP contribution is -2.44. The second-order valence-electron chi connectivity index (χ2n) is 5.01. The van der Waals surface area contributed by atoms with Crippen molar-refractivity contribution < 1.29 is 10.0 Å². The first-order valence-electron chi connectivity index (χ1n) is 6.60. The average Bonchev–Trinajstić information content (AvgIpc) is 2.46. The second-order valence-corrected chi connectivity index (χ2v) is 5.45. The van der Waals surface area contributed by atoms with Gasteiger partial charge in [-0.25, -0.2) is 0 Å². The Hall–Kier alpha value is -1.75. The molecule has 0 saturated carbocycles. The molecule has 1 heterocycles. The average molecular weight is 296 g/mol. The number of carbonyl (C=O) groups is 1. The molecule has 1 saturated heterocycles. The number of amides is 1. The number of halogens is 1. The lowest BCUT2D eigenvalue weighted by atomic mass is 9.96. The number of hydrogen-bond donors (Lipinski definition) is 2. The number of likely N-dealkylation sites (tertiary alicyclic amines) is 1. The Morgan fingerprint density at radius 2 is 2.35 bits per heavy atom. The molecule has 1 amide bonds. The molecule has 20 heavy (non-hydrogen) atoms. The maximum atomic E-state index is 12.3. The van der Waals surface area contributed by atoms with Gasteiger partial charge in [0.2, 0.25) is 5.91 Å². The predicted octanol–water partition coefficient (Wildman–Crippen LogP) is 1.87. The third-order valence-electron chi connectivity index (χ3n) is 3.55. The lowest BCUT2D eigenvalue weighted by molar-refractivity contribution is -0.131. The van der Waals surface area contributed by atoms with E-state index in [-0.39, 0.29) is 17.7 Å². The van der Waals surface area contributed by atoms with Gasteiger partial charge < -0.3 is 15.8 Å².